The first kappa shape index (κ1) is 5.08. The molecule has 0 aromatic rings. The summed E-state index contributed by atoms with van der Waals surface area (Å²) in [7, 11) is 0. The van der Waals surface area contributed by atoms with E-state index in [0.29, 0.717) is 0 Å². The average molecular weight is 122 g/mol. The minimum atomic E-state index is -2.11. The van der Waals surface area contributed by atoms with E-state index in [9.17, 15) is 0 Å². The van der Waals surface area contributed by atoms with Crippen LogP contribution in [0.2, 0.25) is 0 Å². The van der Waals surface area contributed by atoms with Gasteiger partial charge in [0.2, 0.25) is 0 Å². The monoisotopic (exact) mass is 121 g/mol. The van der Waals surface area contributed by atoms with Crippen LogP contribution in [0.15, 0.2) is 0 Å². The predicted molar refractivity (Wildman–Crippen MR) is 11.2 cm³/mol. The summed E-state index contributed by atoms with van der Waals surface area (Å²) in [5, 5.41) is 0.0694. The van der Waals surface area contributed by atoms with Gasteiger partial charge in [0.15, 0.2) is 0 Å². The van der Waals surface area contributed by atoms with Gasteiger partial charge in [0, 0.05) is 0 Å². The zero-order chi connectivity index (χ0) is 4.28. The Hall–Kier alpha value is 0.0835. The van der Waals surface area contributed by atoms with Crippen molar-refractivity contribution >= 4 is 5.26 Å². The molecule has 2 N–H and O–H groups in total. The summed E-state index contributed by atoms with van der Waals surface area (Å²) in [6.45, 7) is 0. The van der Waals surface area contributed by atoms with Crippen molar-refractivity contribution in [1.29, 1.82) is 0 Å². The van der Waals surface area contributed by atoms with E-state index < -0.39 is 14.1 Å². The predicted octanol–water partition coefficient (Wildman–Crippen LogP) is -1.39. The second-order valence-corrected chi connectivity index (χ2v) is 1.24. The molecule has 3 nitrogen and oxygen atoms in total. The van der Waals surface area contributed by atoms with Crippen LogP contribution in [-0.4, -0.2) is 13.8 Å². The Morgan fingerprint density at radius 2 is 1.80 bits per heavy atom. The van der Waals surface area contributed by atoms with E-state index in [1.165, 1.54) is 0 Å². The van der Waals surface area contributed by atoms with E-state index in [2.05, 4.69) is 0 Å². The van der Waals surface area contributed by atoms with E-state index in [0.717, 1.165) is 0 Å². The molecule has 0 rings (SSSR count). The van der Waals surface area contributed by atoms with Crippen LogP contribution >= 0.6 is 0 Å². The van der Waals surface area contributed by atoms with Gasteiger partial charge >= 0.3 is 32.6 Å². The molecular formula is CH3NiO3. The first-order chi connectivity index (χ1) is 2.27. The first-order valence-electron chi connectivity index (χ1n) is 0.701. The van der Waals surface area contributed by atoms with Gasteiger partial charge in [-0.1, -0.05) is 0 Å². The van der Waals surface area contributed by atoms with E-state index in [1.54, 1.807) is 0 Å². The minimum absolute atomic E-state index is 0.0694. The number of hydrogen-bond acceptors (Lipinski definition) is 3. The van der Waals surface area contributed by atoms with Crippen molar-refractivity contribution < 1.29 is 27.3 Å². The van der Waals surface area contributed by atoms with Crippen molar-refractivity contribution in [2.45, 2.75) is 0 Å². The molecule has 0 aromatic heterocycles. The third-order valence-electron chi connectivity index (χ3n) is 0.0667. The second kappa shape index (κ2) is 2.33. The number of rotatable bonds is 1. The van der Waals surface area contributed by atoms with Gasteiger partial charge < -0.3 is 0 Å². The Bertz CT molecular complexity index is 33.9. The van der Waals surface area contributed by atoms with Crippen molar-refractivity contribution in [2.24, 2.45) is 0 Å². The van der Waals surface area contributed by atoms with Crippen molar-refractivity contribution in [3.05, 3.63) is 0 Å². The van der Waals surface area contributed by atoms with E-state index in [1.807, 2.05) is 0 Å². The average Bonchev–Trinajstić information content (AvgIpc) is 1.38. The molecule has 4 heteroatoms. The molecule has 0 saturated heterocycles. The number of carbonyl (C=O) groups is 1. The third kappa shape index (κ3) is 4.08. The van der Waals surface area contributed by atoms with Crippen molar-refractivity contribution in [1.82, 2.24) is 0 Å². The SMILES string of the molecule is O=[CH][Ni]([OH])[OH]. The van der Waals surface area contributed by atoms with Gasteiger partial charge in [-0.15, -0.1) is 0 Å². The standard InChI is InChI=1S/CHO.Ni.2H2O/c1-2;;;/h1H;;2*1H2/q;+2;;/p-2. The normalized spacial score (nSPS) is 10.4. The van der Waals surface area contributed by atoms with Crippen LogP contribution in [-0.2, 0) is 18.9 Å². The van der Waals surface area contributed by atoms with Crippen LogP contribution in [0.25, 0.3) is 0 Å². The first-order valence-corrected chi connectivity index (χ1v) is 2.15. The van der Waals surface area contributed by atoms with Gasteiger partial charge in [-0.2, -0.15) is 0 Å². The topological polar surface area (TPSA) is 57.5 Å². The summed E-state index contributed by atoms with van der Waals surface area (Å²) in [4.78, 5) is 9.02. The molecule has 0 bridgehead atoms. The summed E-state index contributed by atoms with van der Waals surface area (Å²) in [5.74, 6) is 0. The summed E-state index contributed by atoms with van der Waals surface area (Å²) in [6.07, 6.45) is 0. The van der Waals surface area contributed by atoms with Crippen molar-refractivity contribution in [3.63, 3.8) is 0 Å². The van der Waals surface area contributed by atoms with Gasteiger partial charge in [-0.05, 0) is 0 Å². The molecule has 0 aliphatic rings. The second-order valence-electron chi connectivity index (χ2n) is 0.301. The maximum atomic E-state index is 9.02. The Labute approximate surface area is 33.5 Å². The molecule has 0 atom stereocenters. The van der Waals surface area contributed by atoms with Gasteiger partial charge in [0.25, 0.3) is 0 Å². The molecule has 0 fully saturated rings. The molecule has 0 saturated carbocycles. The summed E-state index contributed by atoms with van der Waals surface area (Å²) < 4.78 is 15.2. The molecule has 0 aromatic carbocycles. The molecule has 0 unspecified atom stereocenters. The summed E-state index contributed by atoms with van der Waals surface area (Å²) in [5.41, 5.74) is 0. The third-order valence-corrected chi connectivity index (χ3v) is 0.275. The van der Waals surface area contributed by atoms with Crippen LogP contribution in [0, 0.1) is 0 Å². The van der Waals surface area contributed by atoms with E-state index >= 15 is 0 Å². The Balaban J connectivity index is 2.83. The van der Waals surface area contributed by atoms with Gasteiger partial charge in [0.1, 0.15) is 0 Å². The zero-order valence-corrected chi connectivity index (χ0v) is 3.18. The van der Waals surface area contributed by atoms with Crippen LogP contribution < -0.4 is 0 Å². The Morgan fingerprint density at radius 3 is 1.80 bits per heavy atom. The van der Waals surface area contributed by atoms with Crippen LogP contribution in [0.4, 0.5) is 0 Å². The molecule has 0 aliphatic carbocycles. The molecular weight excluding hydrogens is 119 g/mol. The van der Waals surface area contributed by atoms with Crippen LogP contribution in [0.5, 0.6) is 0 Å². The van der Waals surface area contributed by atoms with Gasteiger partial charge in [0.05, 0.1) is 0 Å². The number of carbonyl (C=O) groups excluding carboxylic acids is 1. The van der Waals surface area contributed by atoms with Crippen molar-refractivity contribution in [3.8, 4) is 0 Å². The summed E-state index contributed by atoms with van der Waals surface area (Å²) >= 11 is -2.11. The Kier molecular flexibility index (Phi) is 2.37. The molecule has 5 heavy (non-hydrogen) atoms. The molecule has 0 heterocycles. The fraction of sp³-hybridized carbons (Fsp3) is 0. The quantitative estimate of drug-likeness (QED) is 0.332. The fourth-order valence-corrected chi connectivity index (χ4v) is 0. The zero-order valence-electron chi connectivity index (χ0n) is 2.20. The maximum absolute atomic E-state index is 9.02. The van der Waals surface area contributed by atoms with E-state index in [4.69, 9.17) is 13.3 Å². The van der Waals surface area contributed by atoms with Crippen LogP contribution in [0.3, 0.4) is 0 Å². The molecule has 0 amide bonds. The molecule has 0 radical (unpaired) electrons. The van der Waals surface area contributed by atoms with Crippen LogP contribution in [0.1, 0.15) is 0 Å². The van der Waals surface area contributed by atoms with Gasteiger partial charge in [-0.25, -0.2) is 0 Å². The van der Waals surface area contributed by atoms with Gasteiger partial charge in [-0.3, -0.25) is 0 Å². The number of hydrogen-bond donors (Lipinski definition) is 2. The summed E-state index contributed by atoms with van der Waals surface area (Å²) in [6, 6.07) is 0. The van der Waals surface area contributed by atoms with Crippen molar-refractivity contribution in [2.75, 3.05) is 0 Å². The fourth-order valence-electron chi connectivity index (χ4n) is 0. The molecule has 0 aliphatic heterocycles. The molecule has 35 valence electrons. The van der Waals surface area contributed by atoms with E-state index in [-0.39, 0.29) is 5.26 Å². The Morgan fingerprint density at radius 1 is 1.60 bits per heavy atom. The molecule has 0 spiro atoms.